The predicted octanol–water partition coefficient (Wildman–Crippen LogP) is 2.70. The van der Waals surface area contributed by atoms with Gasteiger partial charge in [-0.1, -0.05) is 6.42 Å². The van der Waals surface area contributed by atoms with E-state index >= 15 is 0 Å². The lowest BCUT2D eigenvalue weighted by Crippen LogP contribution is -2.35. The summed E-state index contributed by atoms with van der Waals surface area (Å²) in [6, 6.07) is 10.1. The van der Waals surface area contributed by atoms with Gasteiger partial charge in [-0.25, -0.2) is 4.68 Å². The lowest BCUT2D eigenvalue weighted by Gasteiger charge is -2.29. The molecule has 11 heteroatoms. The van der Waals surface area contributed by atoms with Gasteiger partial charge in [-0.05, 0) is 72.2 Å². The monoisotopic (exact) mass is 451 g/mol. The number of rotatable bonds is 3. The first-order valence-corrected chi connectivity index (χ1v) is 11.8. The SMILES string of the molecule is Cc1cc(NC(=O)c2ccc3c(c2)S(=O)(=O)N=C2CCCCCN23)ccc1-n1cnnn1. The van der Waals surface area contributed by atoms with Gasteiger partial charge in [0.15, 0.2) is 0 Å². The summed E-state index contributed by atoms with van der Waals surface area (Å²) < 4.78 is 31.2. The lowest BCUT2D eigenvalue weighted by molar-refractivity contribution is 0.102. The molecule has 2 aliphatic rings. The van der Waals surface area contributed by atoms with Crippen LogP contribution in [0.2, 0.25) is 0 Å². The molecule has 1 aromatic heterocycles. The van der Waals surface area contributed by atoms with Gasteiger partial charge in [-0.3, -0.25) is 4.79 Å². The number of tetrazole rings is 1. The van der Waals surface area contributed by atoms with Gasteiger partial charge in [0, 0.05) is 24.2 Å². The molecule has 0 spiro atoms. The number of benzene rings is 2. The first-order valence-electron chi connectivity index (χ1n) is 10.3. The quantitative estimate of drug-likeness (QED) is 0.649. The maximum atomic E-state index is 12.9. The van der Waals surface area contributed by atoms with Crippen LogP contribution in [0.4, 0.5) is 11.4 Å². The fourth-order valence-corrected chi connectivity index (χ4v) is 5.37. The molecular formula is C21H21N7O3S. The van der Waals surface area contributed by atoms with E-state index in [9.17, 15) is 13.2 Å². The summed E-state index contributed by atoms with van der Waals surface area (Å²) in [4.78, 5) is 14.9. The molecule has 10 nitrogen and oxygen atoms in total. The second kappa shape index (κ2) is 7.83. The number of carbonyl (C=O) groups is 1. The van der Waals surface area contributed by atoms with E-state index in [1.165, 1.54) is 17.1 Å². The van der Waals surface area contributed by atoms with Crippen LogP contribution in [0.15, 0.2) is 52.0 Å². The molecule has 0 radical (unpaired) electrons. The topological polar surface area (TPSA) is 122 Å². The maximum absolute atomic E-state index is 12.9. The van der Waals surface area contributed by atoms with Crippen LogP contribution in [0.5, 0.6) is 0 Å². The highest BCUT2D eigenvalue weighted by Gasteiger charge is 2.32. The van der Waals surface area contributed by atoms with E-state index < -0.39 is 15.9 Å². The van der Waals surface area contributed by atoms with E-state index in [-0.39, 0.29) is 10.5 Å². The van der Waals surface area contributed by atoms with Crippen molar-refractivity contribution < 1.29 is 13.2 Å². The first kappa shape index (κ1) is 20.3. The molecule has 0 aliphatic carbocycles. The van der Waals surface area contributed by atoms with Crippen molar-refractivity contribution in [3.05, 3.63) is 53.9 Å². The van der Waals surface area contributed by atoms with Crippen LogP contribution < -0.4 is 10.2 Å². The van der Waals surface area contributed by atoms with E-state index in [1.807, 2.05) is 11.8 Å². The molecule has 2 aliphatic heterocycles. The number of sulfonamides is 1. The molecule has 3 aromatic rings. The third kappa shape index (κ3) is 3.64. The van der Waals surface area contributed by atoms with Crippen LogP contribution in [-0.4, -0.2) is 46.9 Å². The normalized spacial score (nSPS) is 17.0. The number of hydrogen-bond donors (Lipinski definition) is 1. The van der Waals surface area contributed by atoms with Gasteiger partial charge < -0.3 is 10.2 Å². The third-order valence-electron chi connectivity index (χ3n) is 5.66. The van der Waals surface area contributed by atoms with Gasteiger partial charge in [-0.15, -0.1) is 9.50 Å². The number of nitrogens with zero attached hydrogens (tertiary/aromatic N) is 6. The Labute approximate surface area is 185 Å². The molecule has 3 heterocycles. The summed E-state index contributed by atoms with van der Waals surface area (Å²) in [5, 5.41) is 14.0. The molecule has 5 rings (SSSR count). The number of nitrogens with one attached hydrogen (secondary N) is 1. The van der Waals surface area contributed by atoms with Crippen molar-refractivity contribution in [2.45, 2.75) is 37.5 Å². The number of anilines is 2. The van der Waals surface area contributed by atoms with Gasteiger partial charge in [0.2, 0.25) is 0 Å². The molecule has 1 saturated heterocycles. The average molecular weight is 452 g/mol. The maximum Gasteiger partial charge on any atom is 0.286 e. The van der Waals surface area contributed by atoms with Crippen LogP contribution in [-0.2, 0) is 10.0 Å². The number of aryl methyl sites for hydroxylation is 1. The second-order valence-electron chi connectivity index (χ2n) is 7.84. The molecule has 1 amide bonds. The van der Waals surface area contributed by atoms with Crippen LogP contribution in [0.25, 0.3) is 5.69 Å². The predicted molar refractivity (Wildman–Crippen MR) is 119 cm³/mol. The smallest absolute Gasteiger partial charge is 0.286 e. The first-order chi connectivity index (χ1) is 15.4. The van der Waals surface area contributed by atoms with Gasteiger partial charge >= 0.3 is 0 Å². The Balaban J connectivity index is 1.42. The summed E-state index contributed by atoms with van der Waals surface area (Å²) in [5.41, 5.74) is 3.08. The highest BCUT2D eigenvalue weighted by molar-refractivity contribution is 7.90. The van der Waals surface area contributed by atoms with Crippen molar-refractivity contribution in [3.8, 4) is 5.69 Å². The van der Waals surface area contributed by atoms with E-state index in [4.69, 9.17) is 0 Å². The minimum atomic E-state index is -3.85. The number of aromatic nitrogens is 4. The molecular weight excluding hydrogens is 430 g/mol. The van der Waals surface area contributed by atoms with E-state index in [0.29, 0.717) is 23.6 Å². The standard InChI is InChI=1S/C21H21N7O3S/c1-14-11-16(7-9-17(14)28-13-22-25-26-28)23-21(29)15-6-8-18-19(12-15)32(30,31)24-20-5-3-2-4-10-27(18)20/h6-9,11-13H,2-5,10H2,1H3,(H,23,29). The molecule has 0 unspecified atom stereocenters. The number of amides is 1. The molecule has 0 saturated carbocycles. The average Bonchev–Trinajstić information content (AvgIpc) is 3.19. The second-order valence-corrected chi connectivity index (χ2v) is 9.41. The Bertz CT molecular complexity index is 1330. The van der Waals surface area contributed by atoms with E-state index in [2.05, 4.69) is 25.2 Å². The zero-order valence-corrected chi connectivity index (χ0v) is 18.2. The lowest BCUT2D eigenvalue weighted by atomic mass is 10.1. The number of fused-ring (bicyclic) bond motifs is 3. The van der Waals surface area contributed by atoms with E-state index in [0.717, 1.165) is 37.1 Å². The largest absolute Gasteiger partial charge is 0.328 e. The molecule has 32 heavy (non-hydrogen) atoms. The van der Waals surface area contributed by atoms with Gasteiger partial charge in [0.25, 0.3) is 15.9 Å². The number of carbonyl (C=O) groups excluding carboxylic acids is 1. The van der Waals surface area contributed by atoms with Crippen molar-refractivity contribution in [3.63, 3.8) is 0 Å². The zero-order valence-electron chi connectivity index (χ0n) is 17.4. The summed E-state index contributed by atoms with van der Waals surface area (Å²) in [6.45, 7) is 2.61. The van der Waals surface area contributed by atoms with Crippen molar-refractivity contribution in [2.24, 2.45) is 4.40 Å². The highest BCUT2D eigenvalue weighted by atomic mass is 32.2. The van der Waals surface area contributed by atoms with Crippen LogP contribution >= 0.6 is 0 Å². The Morgan fingerprint density at radius 2 is 1.91 bits per heavy atom. The van der Waals surface area contributed by atoms with Gasteiger partial charge in [0.1, 0.15) is 17.1 Å². The third-order valence-corrected chi connectivity index (χ3v) is 6.99. The van der Waals surface area contributed by atoms with Crippen LogP contribution in [0.3, 0.4) is 0 Å². The van der Waals surface area contributed by atoms with Crippen molar-refractivity contribution in [1.82, 2.24) is 20.2 Å². The summed E-state index contributed by atoms with van der Waals surface area (Å²) in [6.07, 6.45) is 5.07. The van der Waals surface area contributed by atoms with Crippen molar-refractivity contribution in [2.75, 3.05) is 16.8 Å². The minimum Gasteiger partial charge on any atom is -0.328 e. The molecule has 1 fully saturated rings. The molecule has 1 N–H and O–H groups in total. The van der Waals surface area contributed by atoms with E-state index in [1.54, 1.807) is 30.3 Å². The zero-order chi connectivity index (χ0) is 22.3. The molecule has 164 valence electrons. The Morgan fingerprint density at radius 3 is 2.69 bits per heavy atom. The van der Waals surface area contributed by atoms with Crippen molar-refractivity contribution in [1.29, 1.82) is 0 Å². The fraction of sp³-hybridized carbons (Fsp3) is 0.286. The Hall–Kier alpha value is -3.60. The fourth-order valence-electron chi connectivity index (χ4n) is 4.09. The van der Waals surface area contributed by atoms with Crippen LogP contribution in [0, 0.1) is 6.92 Å². The van der Waals surface area contributed by atoms with Gasteiger partial charge in [-0.2, -0.15) is 8.42 Å². The Kier molecular flexibility index (Phi) is 4.97. The summed E-state index contributed by atoms with van der Waals surface area (Å²) >= 11 is 0. The van der Waals surface area contributed by atoms with Crippen LogP contribution in [0.1, 0.15) is 41.6 Å². The van der Waals surface area contributed by atoms with Crippen molar-refractivity contribution >= 4 is 33.1 Å². The Morgan fingerprint density at radius 1 is 1.06 bits per heavy atom. The number of hydrogen-bond acceptors (Lipinski definition) is 7. The van der Waals surface area contributed by atoms with Gasteiger partial charge in [0.05, 0.1) is 11.4 Å². The summed E-state index contributed by atoms with van der Waals surface area (Å²) in [5.74, 6) is 0.188. The minimum absolute atomic E-state index is 0.0704. The molecule has 0 atom stereocenters. The summed E-state index contributed by atoms with van der Waals surface area (Å²) in [7, 11) is -3.85. The highest BCUT2D eigenvalue weighted by Crippen LogP contribution is 2.35. The number of amidine groups is 1. The molecule has 2 aromatic carbocycles. The molecule has 0 bridgehead atoms.